The van der Waals surface area contributed by atoms with Gasteiger partial charge in [-0.25, -0.2) is 9.67 Å². The zero-order valence-corrected chi connectivity index (χ0v) is 10.9. The number of carbonyl (C=O) groups excluding carboxylic acids is 1. The van der Waals surface area contributed by atoms with Crippen molar-refractivity contribution in [3.05, 3.63) is 41.2 Å². The minimum Gasteiger partial charge on any atom is -0.298 e. The Morgan fingerprint density at radius 3 is 2.72 bits per heavy atom. The molecule has 0 atom stereocenters. The maximum atomic E-state index is 11.0. The Bertz CT molecular complexity index is 709. The Hall–Kier alpha value is -2.01. The van der Waals surface area contributed by atoms with E-state index in [4.69, 9.17) is 0 Å². The molecule has 3 aromatic rings. The Morgan fingerprint density at radius 1 is 1.28 bits per heavy atom. The highest BCUT2D eigenvalue weighted by molar-refractivity contribution is 7.20. The number of aromatic nitrogens is 3. The smallest absolute Gasteiger partial charge is 0.211 e. The molecule has 0 unspecified atom stereocenters. The van der Waals surface area contributed by atoms with Crippen LogP contribution in [-0.2, 0) is 0 Å². The van der Waals surface area contributed by atoms with Crippen molar-refractivity contribution in [2.75, 3.05) is 0 Å². The molecular formula is C13H11N3OS. The van der Waals surface area contributed by atoms with E-state index in [1.807, 2.05) is 38.1 Å². The lowest BCUT2D eigenvalue weighted by Gasteiger charge is -1.97. The van der Waals surface area contributed by atoms with Crippen LogP contribution in [0.3, 0.4) is 0 Å². The lowest BCUT2D eigenvalue weighted by molar-refractivity contribution is 0.112. The number of nitrogens with zero attached hydrogens (tertiary/aromatic N) is 3. The summed E-state index contributed by atoms with van der Waals surface area (Å²) in [6.45, 7) is 3.72. The number of aldehydes is 1. The second-order valence-electron chi connectivity index (χ2n) is 4.08. The van der Waals surface area contributed by atoms with Crippen molar-refractivity contribution >= 4 is 27.8 Å². The van der Waals surface area contributed by atoms with Crippen LogP contribution in [-0.4, -0.2) is 21.1 Å². The van der Waals surface area contributed by atoms with E-state index in [2.05, 4.69) is 10.1 Å². The summed E-state index contributed by atoms with van der Waals surface area (Å²) in [5.74, 6) is 0. The number of carbonyl (C=O) groups is 1. The highest BCUT2D eigenvalue weighted by Crippen LogP contribution is 2.26. The predicted octanol–water partition coefficient (Wildman–Crippen LogP) is 2.91. The van der Waals surface area contributed by atoms with Gasteiger partial charge in [0.1, 0.15) is 0 Å². The van der Waals surface area contributed by atoms with Crippen molar-refractivity contribution in [3.63, 3.8) is 0 Å². The van der Waals surface area contributed by atoms with Crippen LogP contribution in [0.2, 0.25) is 0 Å². The van der Waals surface area contributed by atoms with Gasteiger partial charge in [0, 0.05) is 0 Å². The second kappa shape index (κ2) is 4.03. The fraction of sp³-hybridized carbons (Fsp3) is 0.154. The predicted molar refractivity (Wildman–Crippen MR) is 71.6 cm³/mol. The number of benzene rings is 1. The molecule has 0 amide bonds. The van der Waals surface area contributed by atoms with Gasteiger partial charge in [0.25, 0.3) is 0 Å². The molecule has 5 heteroatoms. The van der Waals surface area contributed by atoms with Gasteiger partial charge in [0.15, 0.2) is 6.29 Å². The van der Waals surface area contributed by atoms with Crippen LogP contribution in [0.4, 0.5) is 0 Å². The molecule has 0 fully saturated rings. The summed E-state index contributed by atoms with van der Waals surface area (Å²) >= 11 is 1.57. The van der Waals surface area contributed by atoms with Crippen LogP contribution in [0.25, 0.3) is 15.3 Å². The van der Waals surface area contributed by atoms with E-state index in [9.17, 15) is 4.79 Å². The van der Waals surface area contributed by atoms with Gasteiger partial charge in [-0.05, 0) is 26.0 Å². The molecule has 0 spiro atoms. The number of fused-ring (bicyclic) bond motifs is 1. The summed E-state index contributed by atoms with van der Waals surface area (Å²) in [7, 11) is 0. The van der Waals surface area contributed by atoms with Crippen molar-refractivity contribution in [3.8, 4) is 5.13 Å². The number of hydrogen-bond donors (Lipinski definition) is 0. The molecule has 0 N–H and O–H groups in total. The van der Waals surface area contributed by atoms with Crippen LogP contribution in [0.5, 0.6) is 0 Å². The van der Waals surface area contributed by atoms with Gasteiger partial charge in [-0.3, -0.25) is 4.79 Å². The number of para-hydroxylation sites is 1. The fourth-order valence-corrected chi connectivity index (χ4v) is 2.93. The normalized spacial score (nSPS) is 11.0. The van der Waals surface area contributed by atoms with E-state index in [-0.39, 0.29) is 0 Å². The van der Waals surface area contributed by atoms with E-state index in [0.29, 0.717) is 5.56 Å². The van der Waals surface area contributed by atoms with Crippen LogP contribution in [0, 0.1) is 13.8 Å². The second-order valence-corrected chi connectivity index (χ2v) is 5.09. The van der Waals surface area contributed by atoms with Gasteiger partial charge in [-0.15, -0.1) is 0 Å². The quantitative estimate of drug-likeness (QED) is 0.663. The van der Waals surface area contributed by atoms with Crippen molar-refractivity contribution in [1.82, 2.24) is 14.8 Å². The lowest BCUT2D eigenvalue weighted by Crippen LogP contribution is -1.98. The molecule has 0 bridgehead atoms. The molecule has 4 nitrogen and oxygen atoms in total. The van der Waals surface area contributed by atoms with Crippen molar-refractivity contribution in [2.45, 2.75) is 13.8 Å². The van der Waals surface area contributed by atoms with Gasteiger partial charge >= 0.3 is 0 Å². The van der Waals surface area contributed by atoms with Crippen LogP contribution in [0.1, 0.15) is 21.7 Å². The monoisotopic (exact) mass is 257 g/mol. The molecule has 0 aliphatic rings. The molecule has 90 valence electrons. The van der Waals surface area contributed by atoms with Crippen LogP contribution in [0.15, 0.2) is 24.3 Å². The summed E-state index contributed by atoms with van der Waals surface area (Å²) in [4.78, 5) is 15.5. The van der Waals surface area contributed by atoms with Gasteiger partial charge in [0.05, 0.1) is 27.2 Å². The first-order valence-electron chi connectivity index (χ1n) is 5.58. The maximum absolute atomic E-state index is 11.0. The topological polar surface area (TPSA) is 47.8 Å². The highest BCUT2D eigenvalue weighted by atomic mass is 32.1. The van der Waals surface area contributed by atoms with E-state index >= 15 is 0 Å². The van der Waals surface area contributed by atoms with E-state index in [1.165, 1.54) is 0 Å². The minimum absolute atomic E-state index is 0.647. The SMILES string of the molecule is Cc1nn(-c2nc3ccccc3s2)c(C)c1C=O. The first-order chi connectivity index (χ1) is 8.70. The third kappa shape index (κ3) is 1.55. The van der Waals surface area contributed by atoms with Crippen LogP contribution >= 0.6 is 11.3 Å². The molecule has 2 heterocycles. The highest BCUT2D eigenvalue weighted by Gasteiger charge is 2.14. The molecule has 18 heavy (non-hydrogen) atoms. The zero-order chi connectivity index (χ0) is 12.7. The molecular weight excluding hydrogens is 246 g/mol. The van der Waals surface area contributed by atoms with Gasteiger partial charge in [-0.1, -0.05) is 23.5 Å². The number of rotatable bonds is 2. The summed E-state index contributed by atoms with van der Waals surface area (Å²) in [5.41, 5.74) is 3.18. The van der Waals surface area contributed by atoms with Crippen LogP contribution < -0.4 is 0 Å². The standard InChI is InChI=1S/C13H11N3OS/c1-8-10(7-17)9(2)16(15-8)13-14-11-5-3-4-6-12(11)18-13/h3-7H,1-2H3. The van der Waals surface area contributed by atoms with Gasteiger partial charge in [0.2, 0.25) is 5.13 Å². The van der Waals surface area contributed by atoms with E-state index < -0.39 is 0 Å². The number of hydrogen-bond acceptors (Lipinski definition) is 4. The molecule has 0 saturated carbocycles. The Morgan fingerprint density at radius 2 is 2.06 bits per heavy atom. The molecule has 0 aliphatic carbocycles. The van der Waals surface area contributed by atoms with E-state index in [1.54, 1.807) is 16.0 Å². The van der Waals surface area contributed by atoms with Crippen molar-refractivity contribution < 1.29 is 4.79 Å². The van der Waals surface area contributed by atoms with Crippen molar-refractivity contribution in [1.29, 1.82) is 0 Å². The lowest BCUT2D eigenvalue weighted by atomic mass is 10.2. The summed E-state index contributed by atoms with van der Waals surface area (Å²) in [6, 6.07) is 7.96. The third-order valence-electron chi connectivity index (χ3n) is 2.93. The first kappa shape index (κ1) is 11.1. The Balaban J connectivity index is 2.23. The summed E-state index contributed by atoms with van der Waals surface area (Å²) in [6.07, 6.45) is 0.849. The van der Waals surface area contributed by atoms with Crippen molar-refractivity contribution in [2.24, 2.45) is 0 Å². The zero-order valence-electron chi connectivity index (χ0n) is 10.0. The van der Waals surface area contributed by atoms with E-state index in [0.717, 1.165) is 33.0 Å². The first-order valence-corrected chi connectivity index (χ1v) is 6.39. The Labute approximate surface area is 108 Å². The molecule has 0 saturated heterocycles. The van der Waals surface area contributed by atoms with Gasteiger partial charge < -0.3 is 0 Å². The Kier molecular flexibility index (Phi) is 2.48. The average molecular weight is 257 g/mol. The summed E-state index contributed by atoms with van der Waals surface area (Å²) < 4.78 is 2.86. The third-order valence-corrected chi connectivity index (χ3v) is 3.94. The maximum Gasteiger partial charge on any atom is 0.211 e. The minimum atomic E-state index is 0.647. The molecule has 0 radical (unpaired) electrons. The molecule has 3 rings (SSSR count). The number of thiazole rings is 1. The molecule has 1 aromatic carbocycles. The fourth-order valence-electron chi connectivity index (χ4n) is 1.96. The largest absolute Gasteiger partial charge is 0.298 e. The van der Waals surface area contributed by atoms with Gasteiger partial charge in [-0.2, -0.15) is 5.10 Å². The molecule has 2 aromatic heterocycles. The molecule has 0 aliphatic heterocycles. The number of aryl methyl sites for hydroxylation is 1. The summed E-state index contributed by atoms with van der Waals surface area (Å²) in [5, 5.41) is 5.18. The average Bonchev–Trinajstić information content (AvgIpc) is 2.90.